The molecule has 0 bridgehead atoms. The molecule has 0 saturated heterocycles. The Morgan fingerprint density at radius 1 is 1.39 bits per heavy atom. The van der Waals surface area contributed by atoms with E-state index in [0.717, 1.165) is 5.39 Å². The van der Waals surface area contributed by atoms with Crippen molar-refractivity contribution in [1.29, 1.82) is 0 Å². The summed E-state index contributed by atoms with van der Waals surface area (Å²) in [5.74, 6) is -0.239. The third-order valence-corrected chi connectivity index (χ3v) is 2.44. The van der Waals surface area contributed by atoms with Gasteiger partial charge in [0.05, 0.1) is 6.61 Å². The van der Waals surface area contributed by atoms with Crippen LogP contribution in [0.4, 0.5) is 0 Å². The van der Waals surface area contributed by atoms with E-state index >= 15 is 0 Å². The minimum absolute atomic E-state index is 0.205. The molecule has 4 nitrogen and oxygen atoms in total. The molecule has 0 N–H and O–H groups in total. The summed E-state index contributed by atoms with van der Waals surface area (Å²) in [5, 5.41) is 0.792. The van der Waals surface area contributed by atoms with Crippen LogP contribution in [0.3, 0.4) is 0 Å². The summed E-state index contributed by atoms with van der Waals surface area (Å²) in [6, 6.07) is 7.26. The molecule has 1 aromatic heterocycles. The zero-order valence-corrected chi connectivity index (χ0v) is 9.88. The van der Waals surface area contributed by atoms with Crippen molar-refractivity contribution in [2.45, 2.75) is 6.92 Å². The zero-order valence-electron chi connectivity index (χ0n) is 9.88. The number of benzene rings is 1. The first-order chi connectivity index (χ1) is 8.76. The summed E-state index contributed by atoms with van der Waals surface area (Å²) in [6.07, 6.45) is 3.45. The van der Waals surface area contributed by atoms with Crippen LogP contribution in [0.15, 0.2) is 34.8 Å². The van der Waals surface area contributed by atoms with Gasteiger partial charge in [0.25, 0.3) is 0 Å². The van der Waals surface area contributed by atoms with Gasteiger partial charge < -0.3 is 9.15 Å². The van der Waals surface area contributed by atoms with Gasteiger partial charge in [-0.2, -0.15) is 0 Å². The summed E-state index contributed by atoms with van der Waals surface area (Å²) in [6.45, 7) is 2.05. The molecule has 4 heteroatoms. The Bertz CT molecular complexity index is 607. The number of carbonyl (C=O) groups excluding carboxylic acids is 2. The Balaban J connectivity index is 2.42. The number of aldehydes is 1. The second kappa shape index (κ2) is 5.31. The van der Waals surface area contributed by atoms with Crippen LogP contribution >= 0.6 is 0 Å². The van der Waals surface area contributed by atoms with Crippen molar-refractivity contribution in [3.8, 4) is 0 Å². The molecule has 0 fully saturated rings. The van der Waals surface area contributed by atoms with Gasteiger partial charge in [0, 0.05) is 17.0 Å². The zero-order chi connectivity index (χ0) is 13.0. The minimum Gasteiger partial charge on any atom is -0.463 e. The Morgan fingerprint density at radius 2 is 2.17 bits per heavy atom. The molecule has 1 heterocycles. The molecule has 2 rings (SSSR count). The van der Waals surface area contributed by atoms with E-state index in [4.69, 9.17) is 9.15 Å². The summed E-state index contributed by atoms with van der Waals surface area (Å²) in [7, 11) is 0. The maximum absolute atomic E-state index is 11.2. The van der Waals surface area contributed by atoms with E-state index in [-0.39, 0.29) is 5.76 Å². The SMILES string of the molecule is CCOC(=O)C=Cc1c(C=O)oc2ccccc12. The average Bonchev–Trinajstić information content (AvgIpc) is 2.74. The molecule has 0 aliphatic rings. The lowest BCUT2D eigenvalue weighted by Gasteiger charge is -1.94. The lowest BCUT2D eigenvalue weighted by Crippen LogP contribution is -1.98. The van der Waals surface area contributed by atoms with Gasteiger partial charge in [0.1, 0.15) is 5.58 Å². The first-order valence-electron chi connectivity index (χ1n) is 5.57. The van der Waals surface area contributed by atoms with E-state index in [1.165, 1.54) is 12.2 Å². The Hall–Kier alpha value is -2.36. The fourth-order valence-corrected chi connectivity index (χ4v) is 1.69. The summed E-state index contributed by atoms with van der Waals surface area (Å²) >= 11 is 0. The van der Waals surface area contributed by atoms with E-state index in [2.05, 4.69) is 0 Å². The highest BCUT2D eigenvalue weighted by molar-refractivity contribution is 5.98. The topological polar surface area (TPSA) is 56.5 Å². The molecule has 0 unspecified atom stereocenters. The van der Waals surface area contributed by atoms with Crippen LogP contribution in [0.1, 0.15) is 23.0 Å². The lowest BCUT2D eigenvalue weighted by atomic mass is 10.1. The van der Waals surface area contributed by atoms with Gasteiger partial charge in [-0.15, -0.1) is 0 Å². The van der Waals surface area contributed by atoms with Crippen LogP contribution in [0.2, 0.25) is 0 Å². The second-order valence-corrected chi connectivity index (χ2v) is 3.58. The number of esters is 1. The number of ether oxygens (including phenoxy) is 1. The van der Waals surface area contributed by atoms with Crippen molar-refractivity contribution >= 4 is 29.3 Å². The van der Waals surface area contributed by atoms with Crippen LogP contribution in [0, 0.1) is 0 Å². The largest absolute Gasteiger partial charge is 0.463 e. The maximum atomic E-state index is 11.2. The van der Waals surface area contributed by atoms with Gasteiger partial charge in [-0.05, 0) is 19.1 Å². The molecule has 0 aliphatic heterocycles. The molecule has 2 aromatic rings. The molecular weight excluding hydrogens is 232 g/mol. The first kappa shape index (κ1) is 12.1. The van der Waals surface area contributed by atoms with Crippen molar-refractivity contribution < 1.29 is 18.7 Å². The molecule has 18 heavy (non-hydrogen) atoms. The molecule has 0 aliphatic carbocycles. The predicted octanol–water partition coefficient (Wildman–Crippen LogP) is 2.82. The molecule has 0 amide bonds. The Labute approximate surface area is 104 Å². The highest BCUT2D eigenvalue weighted by atomic mass is 16.5. The lowest BCUT2D eigenvalue weighted by molar-refractivity contribution is -0.137. The van der Waals surface area contributed by atoms with Crippen molar-refractivity contribution in [3.63, 3.8) is 0 Å². The summed E-state index contributed by atoms with van der Waals surface area (Å²) in [5.41, 5.74) is 1.21. The molecule has 0 radical (unpaired) electrons. The van der Waals surface area contributed by atoms with E-state index < -0.39 is 5.97 Å². The third kappa shape index (κ3) is 2.32. The highest BCUT2D eigenvalue weighted by Crippen LogP contribution is 2.25. The van der Waals surface area contributed by atoms with Crippen LogP contribution in [-0.2, 0) is 9.53 Å². The molecular formula is C14H12O4. The van der Waals surface area contributed by atoms with Crippen LogP contribution in [0.25, 0.3) is 17.0 Å². The number of para-hydroxylation sites is 1. The standard InChI is InChI=1S/C14H12O4/c1-2-17-14(16)8-7-11-10-5-3-4-6-12(10)18-13(11)9-15/h3-9H,2H2,1H3. The maximum Gasteiger partial charge on any atom is 0.330 e. The average molecular weight is 244 g/mol. The quantitative estimate of drug-likeness (QED) is 0.471. The van der Waals surface area contributed by atoms with Gasteiger partial charge in [0.2, 0.25) is 0 Å². The van der Waals surface area contributed by atoms with E-state index in [1.807, 2.05) is 18.2 Å². The van der Waals surface area contributed by atoms with Crippen molar-refractivity contribution in [3.05, 3.63) is 41.7 Å². The number of carbonyl (C=O) groups is 2. The molecule has 0 atom stereocenters. The Kier molecular flexibility index (Phi) is 3.57. The number of furan rings is 1. The smallest absolute Gasteiger partial charge is 0.330 e. The number of hydrogen-bond acceptors (Lipinski definition) is 4. The summed E-state index contributed by atoms with van der Waals surface area (Å²) < 4.78 is 10.2. The molecule has 0 spiro atoms. The van der Waals surface area contributed by atoms with E-state index in [1.54, 1.807) is 13.0 Å². The van der Waals surface area contributed by atoms with Gasteiger partial charge in [-0.1, -0.05) is 18.2 Å². The summed E-state index contributed by atoms with van der Waals surface area (Å²) in [4.78, 5) is 22.2. The fraction of sp³-hybridized carbons (Fsp3) is 0.143. The third-order valence-electron chi connectivity index (χ3n) is 2.44. The van der Waals surface area contributed by atoms with Gasteiger partial charge >= 0.3 is 5.97 Å². The fourth-order valence-electron chi connectivity index (χ4n) is 1.69. The number of rotatable bonds is 4. The van der Waals surface area contributed by atoms with Gasteiger partial charge in [0.15, 0.2) is 12.0 Å². The van der Waals surface area contributed by atoms with Crippen LogP contribution < -0.4 is 0 Å². The van der Waals surface area contributed by atoms with E-state index in [0.29, 0.717) is 24.0 Å². The van der Waals surface area contributed by atoms with Crippen molar-refractivity contribution in [1.82, 2.24) is 0 Å². The van der Waals surface area contributed by atoms with Crippen LogP contribution in [-0.4, -0.2) is 18.9 Å². The number of fused-ring (bicyclic) bond motifs is 1. The van der Waals surface area contributed by atoms with Crippen molar-refractivity contribution in [2.24, 2.45) is 0 Å². The molecule has 1 aromatic carbocycles. The molecule has 92 valence electrons. The number of hydrogen-bond donors (Lipinski definition) is 0. The van der Waals surface area contributed by atoms with Gasteiger partial charge in [-0.25, -0.2) is 4.79 Å². The van der Waals surface area contributed by atoms with Crippen molar-refractivity contribution in [2.75, 3.05) is 6.61 Å². The molecule has 0 saturated carbocycles. The highest BCUT2D eigenvalue weighted by Gasteiger charge is 2.10. The monoisotopic (exact) mass is 244 g/mol. The Morgan fingerprint density at radius 3 is 2.89 bits per heavy atom. The van der Waals surface area contributed by atoms with E-state index in [9.17, 15) is 9.59 Å². The first-order valence-corrected chi connectivity index (χ1v) is 5.57. The second-order valence-electron chi connectivity index (χ2n) is 3.58. The van der Waals surface area contributed by atoms with Gasteiger partial charge in [-0.3, -0.25) is 4.79 Å². The van der Waals surface area contributed by atoms with Crippen LogP contribution in [0.5, 0.6) is 0 Å². The predicted molar refractivity (Wildman–Crippen MR) is 67.3 cm³/mol. The minimum atomic E-state index is -0.445. The normalized spacial score (nSPS) is 10.9.